The largest absolute Gasteiger partial charge is 0.319 e. The van der Waals surface area contributed by atoms with Gasteiger partial charge in [-0.05, 0) is 59.0 Å². The van der Waals surface area contributed by atoms with Crippen molar-refractivity contribution in [1.29, 1.82) is 0 Å². The third-order valence-electron chi connectivity index (χ3n) is 4.35. The van der Waals surface area contributed by atoms with E-state index in [1.54, 1.807) is 12.1 Å². The summed E-state index contributed by atoms with van der Waals surface area (Å²) in [7, 11) is 0. The highest BCUT2D eigenvalue weighted by Gasteiger charge is 2.41. The van der Waals surface area contributed by atoms with E-state index < -0.39 is 6.55 Å². The number of hydrogen-bond acceptors (Lipinski definition) is 1. The van der Waals surface area contributed by atoms with Gasteiger partial charge in [0.1, 0.15) is 12.1 Å². The Labute approximate surface area is 127 Å². The molecular formula is C14H10F3IN2. The average molecular weight is 390 g/mol. The number of aromatic nitrogens is 2. The minimum absolute atomic E-state index is 0.111. The lowest BCUT2D eigenvalue weighted by molar-refractivity contribution is 0.0641. The van der Waals surface area contributed by atoms with Crippen LogP contribution in [0.5, 0.6) is 0 Å². The van der Waals surface area contributed by atoms with Crippen molar-refractivity contribution in [1.82, 2.24) is 9.55 Å². The lowest BCUT2D eigenvalue weighted by atomic mass is 9.71. The van der Waals surface area contributed by atoms with Crippen molar-refractivity contribution in [3.63, 3.8) is 0 Å². The number of halogens is 4. The molecule has 1 fully saturated rings. The van der Waals surface area contributed by atoms with Crippen LogP contribution in [-0.4, -0.2) is 9.55 Å². The number of hydrogen-bond donors (Lipinski definition) is 0. The second kappa shape index (κ2) is 4.22. The monoisotopic (exact) mass is 390 g/mol. The van der Waals surface area contributed by atoms with Crippen LogP contribution < -0.4 is 0 Å². The summed E-state index contributed by atoms with van der Waals surface area (Å²) in [6.45, 7) is -2.58. The van der Waals surface area contributed by atoms with E-state index in [9.17, 15) is 13.2 Å². The maximum Gasteiger partial charge on any atom is 0.319 e. The molecular weight excluding hydrogens is 380 g/mol. The van der Waals surface area contributed by atoms with Crippen LogP contribution in [0.2, 0.25) is 0 Å². The molecule has 0 radical (unpaired) electrons. The molecule has 2 aromatic rings. The Bertz CT molecular complexity index is 705. The zero-order valence-corrected chi connectivity index (χ0v) is 12.4. The maximum atomic E-state index is 13.8. The first-order valence-corrected chi connectivity index (χ1v) is 7.48. The van der Waals surface area contributed by atoms with Gasteiger partial charge in [-0.15, -0.1) is 0 Å². The molecule has 0 saturated heterocycles. The zero-order valence-electron chi connectivity index (χ0n) is 10.3. The summed E-state index contributed by atoms with van der Waals surface area (Å²) < 4.78 is 41.4. The summed E-state index contributed by atoms with van der Waals surface area (Å²) in [4.78, 5) is 4.18. The average Bonchev–Trinajstić information content (AvgIpc) is 2.67. The fourth-order valence-electron chi connectivity index (χ4n) is 3.34. The molecule has 104 valence electrons. The highest BCUT2D eigenvalue weighted by molar-refractivity contribution is 14.1. The van der Waals surface area contributed by atoms with Gasteiger partial charge >= 0.3 is 6.55 Å². The standard InChI is InChI=1S/C14H10F3IN2/c15-10-3-8-6-1-7(2-6)13-12(9(8)4-11(10)18)19-5-20(13)14(16)17/h3-7,14H,1-2H2. The first-order valence-electron chi connectivity index (χ1n) is 6.40. The normalized spacial score (nSPS) is 23.1. The topological polar surface area (TPSA) is 17.8 Å². The molecule has 0 unspecified atom stereocenters. The molecule has 5 rings (SSSR count). The Hall–Kier alpha value is -1.05. The minimum Gasteiger partial charge on any atom is -0.276 e. The van der Waals surface area contributed by atoms with Gasteiger partial charge in [0.25, 0.3) is 0 Å². The number of alkyl halides is 2. The predicted molar refractivity (Wildman–Crippen MR) is 76.3 cm³/mol. The van der Waals surface area contributed by atoms with Gasteiger partial charge in [-0.3, -0.25) is 4.57 Å². The van der Waals surface area contributed by atoms with E-state index in [2.05, 4.69) is 4.98 Å². The molecule has 1 heterocycles. The Kier molecular flexibility index (Phi) is 2.68. The van der Waals surface area contributed by atoms with Crippen LogP contribution in [0.1, 0.15) is 42.5 Å². The molecule has 20 heavy (non-hydrogen) atoms. The van der Waals surface area contributed by atoms with E-state index >= 15 is 0 Å². The van der Waals surface area contributed by atoms with Crippen LogP contribution in [0, 0.1) is 9.39 Å². The van der Waals surface area contributed by atoms with Gasteiger partial charge in [-0.25, -0.2) is 9.37 Å². The molecule has 1 saturated carbocycles. The van der Waals surface area contributed by atoms with Gasteiger partial charge in [0, 0.05) is 15.1 Å². The number of rotatable bonds is 1. The SMILES string of the molecule is Fc1cc2c(cc1I)-c1ncn(C(F)F)c1C1CC2C1. The summed E-state index contributed by atoms with van der Waals surface area (Å²) in [5, 5.41) is 0. The predicted octanol–water partition coefficient (Wildman–Crippen LogP) is 4.66. The van der Waals surface area contributed by atoms with Crippen LogP contribution in [-0.2, 0) is 0 Å². The lowest BCUT2D eigenvalue weighted by Crippen LogP contribution is -2.21. The number of imidazole rings is 1. The molecule has 2 bridgehead atoms. The second-order valence-corrected chi connectivity index (χ2v) is 6.54. The Morgan fingerprint density at radius 2 is 2.00 bits per heavy atom. The van der Waals surface area contributed by atoms with E-state index in [4.69, 9.17) is 0 Å². The zero-order chi connectivity index (χ0) is 14.0. The maximum absolute atomic E-state index is 13.8. The molecule has 1 aromatic carbocycles. The molecule has 1 aromatic heterocycles. The lowest BCUT2D eigenvalue weighted by Gasteiger charge is -2.34. The van der Waals surface area contributed by atoms with Crippen LogP contribution in [0.25, 0.3) is 11.3 Å². The van der Waals surface area contributed by atoms with Crippen molar-refractivity contribution in [2.24, 2.45) is 0 Å². The Morgan fingerprint density at radius 1 is 1.25 bits per heavy atom. The van der Waals surface area contributed by atoms with Gasteiger partial charge < -0.3 is 0 Å². The van der Waals surface area contributed by atoms with Crippen molar-refractivity contribution < 1.29 is 13.2 Å². The van der Waals surface area contributed by atoms with Gasteiger partial charge in [-0.2, -0.15) is 8.78 Å². The fourth-order valence-corrected chi connectivity index (χ4v) is 3.80. The second-order valence-electron chi connectivity index (χ2n) is 5.38. The smallest absolute Gasteiger partial charge is 0.276 e. The molecule has 3 aliphatic carbocycles. The van der Waals surface area contributed by atoms with E-state index in [-0.39, 0.29) is 17.7 Å². The molecule has 0 amide bonds. The van der Waals surface area contributed by atoms with E-state index in [0.29, 0.717) is 15.0 Å². The summed E-state index contributed by atoms with van der Waals surface area (Å²) in [6, 6.07) is 3.28. The van der Waals surface area contributed by atoms with Crippen molar-refractivity contribution >= 4 is 22.6 Å². The van der Waals surface area contributed by atoms with Gasteiger partial charge in [0.15, 0.2) is 0 Å². The quantitative estimate of drug-likeness (QED) is 0.648. The van der Waals surface area contributed by atoms with Crippen LogP contribution >= 0.6 is 22.6 Å². The number of benzene rings is 1. The summed E-state index contributed by atoms with van der Waals surface area (Å²) in [6.07, 6.45) is 2.81. The summed E-state index contributed by atoms with van der Waals surface area (Å²) in [5.74, 6) is 0.131. The third kappa shape index (κ3) is 1.60. The van der Waals surface area contributed by atoms with Crippen molar-refractivity contribution in [3.05, 3.63) is 39.1 Å². The van der Waals surface area contributed by atoms with Crippen LogP contribution in [0.3, 0.4) is 0 Å². The highest BCUT2D eigenvalue weighted by atomic mass is 127. The molecule has 6 heteroatoms. The first-order chi connectivity index (χ1) is 9.56. The van der Waals surface area contributed by atoms with Crippen molar-refractivity contribution in [2.45, 2.75) is 31.2 Å². The Balaban J connectivity index is 2.01. The Morgan fingerprint density at radius 3 is 2.70 bits per heavy atom. The summed E-state index contributed by atoms with van der Waals surface area (Å²) >= 11 is 1.93. The molecule has 0 aliphatic heterocycles. The third-order valence-corrected chi connectivity index (χ3v) is 5.18. The summed E-state index contributed by atoms with van der Waals surface area (Å²) in [5.41, 5.74) is 2.94. The van der Waals surface area contributed by atoms with Gasteiger partial charge in [-0.1, -0.05) is 0 Å². The van der Waals surface area contributed by atoms with Gasteiger partial charge in [0.2, 0.25) is 0 Å². The van der Waals surface area contributed by atoms with Crippen LogP contribution in [0.15, 0.2) is 18.5 Å². The first kappa shape index (κ1) is 12.7. The fraction of sp³-hybridized carbons (Fsp3) is 0.357. The van der Waals surface area contributed by atoms with E-state index in [1.165, 1.54) is 6.33 Å². The minimum atomic E-state index is -2.58. The van der Waals surface area contributed by atoms with Crippen molar-refractivity contribution in [3.8, 4) is 11.3 Å². The number of nitrogens with zero attached hydrogens (tertiary/aromatic N) is 2. The molecule has 3 aliphatic rings. The van der Waals surface area contributed by atoms with E-state index in [1.807, 2.05) is 22.6 Å². The van der Waals surface area contributed by atoms with Gasteiger partial charge in [0.05, 0.1) is 11.4 Å². The molecule has 0 spiro atoms. The molecule has 0 atom stereocenters. The molecule has 2 nitrogen and oxygen atoms in total. The van der Waals surface area contributed by atoms with Crippen molar-refractivity contribution in [2.75, 3.05) is 0 Å². The highest BCUT2D eigenvalue weighted by Crippen LogP contribution is 2.55. The van der Waals surface area contributed by atoms with E-state index in [0.717, 1.165) is 28.5 Å². The molecule has 0 N–H and O–H groups in total. The van der Waals surface area contributed by atoms with Crippen LogP contribution in [0.4, 0.5) is 13.2 Å².